The van der Waals surface area contributed by atoms with Crippen LogP contribution in [0, 0.1) is 0 Å². The number of benzene rings is 7. The number of hydrogen-bond donors (Lipinski definition) is 0. The third kappa shape index (κ3) is 4.03. The minimum absolute atomic E-state index is 0.0355. The van der Waals surface area contributed by atoms with E-state index in [1.165, 1.54) is 16.6 Å². The van der Waals surface area contributed by atoms with E-state index in [9.17, 15) is 0 Å². The molecule has 0 aromatic heterocycles. The summed E-state index contributed by atoms with van der Waals surface area (Å²) in [5, 5.41) is 0. The van der Waals surface area contributed by atoms with Crippen LogP contribution in [-0.4, -0.2) is 13.4 Å². The highest BCUT2D eigenvalue weighted by Gasteiger charge is 2.41. The molecule has 7 aromatic rings. The van der Waals surface area contributed by atoms with Crippen LogP contribution in [-0.2, 0) is 0 Å². The number of fused-ring (bicyclic) bond motifs is 6. The highest BCUT2D eigenvalue weighted by atomic mass is 16.5. The van der Waals surface area contributed by atoms with Gasteiger partial charge in [-0.2, -0.15) is 0 Å². The molecule has 0 bridgehead atoms. The zero-order valence-electron chi connectivity index (χ0n) is 25.4. The third-order valence-corrected chi connectivity index (χ3v) is 9.76. The van der Waals surface area contributed by atoms with E-state index in [1.54, 1.807) is 0 Å². The molecular formula is C42H26B2O3. The SMILES string of the molecule is c1ccc(-c2cccc(-c3cc4c5c(c3)Oc3ccccc3B5c3ccccc3O4)c2B2c3ccccc3Oc3ccccc32)cc1. The lowest BCUT2D eigenvalue weighted by molar-refractivity contribution is 0.465. The minimum atomic E-state index is -0.0639. The van der Waals surface area contributed by atoms with Gasteiger partial charge in [-0.1, -0.05) is 127 Å². The van der Waals surface area contributed by atoms with Crippen molar-refractivity contribution in [3.63, 3.8) is 0 Å². The zero-order chi connectivity index (χ0) is 30.9. The first-order valence-electron chi connectivity index (χ1n) is 16.1. The van der Waals surface area contributed by atoms with E-state index in [0.29, 0.717) is 0 Å². The summed E-state index contributed by atoms with van der Waals surface area (Å²) in [6.45, 7) is -0.0284. The molecule has 0 radical (unpaired) electrons. The van der Waals surface area contributed by atoms with Crippen molar-refractivity contribution in [3.8, 4) is 56.8 Å². The van der Waals surface area contributed by atoms with Crippen LogP contribution in [0.25, 0.3) is 22.3 Å². The van der Waals surface area contributed by atoms with Crippen LogP contribution >= 0.6 is 0 Å². The molecule has 0 N–H and O–H groups in total. The quantitative estimate of drug-likeness (QED) is 0.221. The van der Waals surface area contributed by atoms with Gasteiger partial charge in [-0.25, -0.2) is 0 Å². The second-order valence-corrected chi connectivity index (χ2v) is 12.3. The van der Waals surface area contributed by atoms with Gasteiger partial charge < -0.3 is 14.2 Å². The maximum absolute atomic E-state index is 6.71. The average Bonchev–Trinajstić information content (AvgIpc) is 3.13. The van der Waals surface area contributed by atoms with Crippen LogP contribution in [0.5, 0.6) is 34.5 Å². The van der Waals surface area contributed by atoms with Gasteiger partial charge in [-0.05, 0) is 80.5 Å². The molecule has 0 fully saturated rings. The van der Waals surface area contributed by atoms with Crippen LogP contribution in [0.4, 0.5) is 0 Å². The molecule has 3 heterocycles. The van der Waals surface area contributed by atoms with E-state index in [1.807, 2.05) is 24.3 Å². The smallest absolute Gasteiger partial charge is 0.260 e. The van der Waals surface area contributed by atoms with Crippen molar-refractivity contribution in [1.29, 1.82) is 0 Å². The predicted octanol–water partition coefficient (Wildman–Crippen LogP) is 6.37. The molecule has 0 saturated carbocycles. The maximum Gasteiger partial charge on any atom is 0.260 e. The average molecular weight is 600 g/mol. The Morgan fingerprint density at radius 1 is 0.298 bits per heavy atom. The first-order chi connectivity index (χ1) is 23.3. The van der Waals surface area contributed by atoms with E-state index in [2.05, 4.69) is 133 Å². The third-order valence-electron chi connectivity index (χ3n) is 9.76. The molecule has 3 aliphatic rings. The Hall–Kier alpha value is -5.93. The van der Waals surface area contributed by atoms with E-state index in [4.69, 9.17) is 14.2 Å². The van der Waals surface area contributed by atoms with Gasteiger partial charge in [-0.3, -0.25) is 0 Å². The molecule has 0 aliphatic carbocycles. The van der Waals surface area contributed by atoms with Crippen LogP contribution in [0.3, 0.4) is 0 Å². The fourth-order valence-electron chi connectivity index (χ4n) is 7.77. The van der Waals surface area contributed by atoms with Gasteiger partial charge in [0.25, 0.3) is 13.4 Å². The summed E-state index contributed by atoms with van der Waals surface area (Å²) in [6, 6.07) is 55.3. The van der Waals surface area contributed by atoms with Gasteiger partial charge in [0, 0.05) is 5.46 Å². The van der Waals surface area contributed by atoms with Gasteiger partial charge in [-0.15, -0.1) is 0 Å². The van der Waals surface area contributed by atoms with E-state index in [-0.39, 0.29) is 13.4 Å². The molecule has 0 atom stereocenters. The molecule has 7 aromatic carbocycles. The Kier molecular flexibility index (Phi) is 5.76. The molecule has 47 heavy (non-hydrogen) atoms. The fourth-order valence-corrected chi connectivity index (χ4v) is 7.77. The Balaban J connectivity index is 1.26. The molecule has 3 aliphatic heterocycles. The monoisotopic (exact) mass is 600 g/mol. The van der Waals surface area contributed by atoms with Crippen LogP contribution in [0.1, 0.15) is 0 Å². The van der Waals surface area contributed by atoms with Gasteiger partial charge >= 0.3 is 0 Å². The van der Waals surface area contributed by atoms with Crippen molar-refractivity contribution in [2.24, 2.45) is 0 Å². The van der Waals surface area contributed by atoms with Gasteiger partial charge in [0.1, 0.15) is 34.5 Å². The maximum atomic E-state index is 6.71. The Bertz CT molecular complexity index is 2250. The Labute approximate surface area is 274 Å². The molecular weight excluding hydrogens is 574 g/mol. The molecule has 5 heteroatoms. The number of para-hydroxylation sites is 4. The predicted molar refractivity (Wildman–Crippen MR) is 193 cm³/mol. The molecule has 3 nitrogen and oxygen atoms in total. The summed E-state index contributed by atoms with van der Waals surface area (Å²) in [5.74, 6) is 5.20. The van der Waals surface area contributed by atoms with Crippen LogP contribution in [0.15, 0.2) is 158 Å². The number of ether oxygens (including phenoxy) is 3. The van der Waals surface area contributed by atoms with Gasteiger partial charge in [0.2, 0.25) is 0 Å². The summed E-state index contributed by atoms with van der Waals surface area (Å²) in [7, 11) is 0. The summed E-state index contributed by atoms with van der Waals surface area (Å²) >= 11 is 0. The molecule has 218 valence electrons. The van der Waals surface area contributed by atoms with Crippen molar-refractivity contribution in [2.45, 2.75) is 0 Å². The molecule has 0 unspecified atom stereocenters. The molecule has 0 amide bonds. The highest BCUT2D eigenvalue weighted by molar-refractivity contribution is 6.99. The van der Waals surface area contributed by atoms with Crippen LogP contribution < -0.4 is 47.0 Å². The lowest BCUT2D eigenvalue weighted by Crippen LogP contribution is -2.57. The topological polar surface area (TPSA) is 27.7 Å². The van der Waals surface area contributed by atoms with Crippen molar-refractivity contribution < 1.29 is 14.2 Å². The minimum Gasteiger partial charge on any atom is -0.458 e. The Morgan fingerprint density at radius 2 is 0.681 bits per heavy atom. The second-order valence-electron chi connectivity index (χ2n) is 12.3. The summed E-state index contributed by atoms with van der Waals surface area (Å²) in [5.41, 5.74) is 11.4. The van der Waals surface area contributed by atoms with E-state index in [0.717, 1.165) is 72.9 Å². The summed E-state index contributed by atoms with van der Waals surface area (Å²) < 4.78 is 19.9. The van der Waals surface area contributed by atoms with Crippen LogP contribution in [0.2, 0.25) is 0 Å². The molecule has 0 spiro atoms. The highest BCUT2D eigenvalue weighted by Crippen LogP contribution is 2.39. The largest absolute Gasteiger partial charge is 0.458 e. The zero-order valence-corrected chi connectivity index (χ0v) is 25.4. The molecule has 0 saturated heterocycles. The lowest BCUT2D eigenvalue weighted by atomic mass is 9.34. The molecule has 10 rings (SSSR count). The normalized spacial score (nSPS) is 13.1. The van der Waals surface area contributed by atoms with Crippen molar-refractivity contribution in [3.05, 3.63) is 158 Å². The first kappa shape index (κ1) is 26.3. The van der Waals surface area contributed by atoms with E-state index >= 15 is 0 Å². The summed E-state index contributed by atoms with van der Waals surface area (Å²) in [6.07, 6.45) is 0. The standard InChI is InChI=1S/C42H26B2O3/c1-2-13-27(14-3-1)29-15-12-16-30(41(29)43-31-17-4-8-21-35(31)45-36-22-9-5-18-32(36)43)28-25-39-42-40(26-28)47-38-24-11-7-20-34(38)44(42)33-19-6-10-23-37(33)46-39/h1-26H. The Morgan fingerprint density at radius 3 is 1.17 bits per heavy atom. The van der Waals surface area contributed by atoms with Crippen molar-refractivity contribution in [2.75, 3.05) is 0 Å². The lowest BCUT2D eigenvalue weighted by Gasteiger charge is -2.34. The fraction of sp³-hybridized carbons (Fsp3) is 0. The second kappa shape index (κ2) is 10.3. The van der Waals surface area contributed by atoms with Crippen molar-refractivity contribution in [1.82, 2.24) is 0 Å². The van der Waals surface area contributed by atoms with Crippen molar-refractivity contribution >= 4 is 46.2 Å². The first-order valence-corrected chi connectivity index (χ1v) is 16.1. The number of rotatable bonds is 3. The van der Waals surface area contributed by atoms with Gasteiger partial charge in [0.05, 0.1) is 0 Å². The summed E-state index contributed by atoms with van der Waals surface area (Å²) in [4.78, 5) is 0. The number of hydrogen-bond acceptors (Lipinski definition) is 3. The van der Waals surface area contributed by atoms with Gasteiger partial charge in [0.15, 0.2) is 0 Å². The van der Waals surface area contributed by atoms with E-state index < -0.39 is 0 Å².